The van der Waals surface area contributed by atoms with E-state index in [1.807, 2.05) is 18.2 Å². The topological polar surface area (TPSA) is 78.4 Å². The number of nitrogens with one attached hydrogen (secondary N) is 2. The molecule has 4 aliphatic carbocycles. The largest absolute Gasteiger partial charge is 0.528 e. The van der Waals surface area contributed by atoms with E-state index < -0.39 is 10.6 Å². The molecule has 1 spiro atoms. The fourth-order valence-electron chi connectivity index (χ4n) is 8.06. The maximum absolute atomic E-state index is 13.9. The lowest BCUT2D eigenvalue weighted by Crippen LogP contribution is -2.67. The minimum Gasteiger partial charge on any atom is -0.435 e. The highest BCUT2D eigenvalue weighted by atomic mass is 16.4. The van der Waals surface area contributed by atoms with Crippen molar-refractivity contribution in [2.45, 2.75) is 56.4 Å². The number of piperidine rings is 1. The maximum atomic E-state index is 13.9. The van der Waals surface area contributed by atoms with Crippen LogP contribution in [0.15, 0.2) is 24.3 Å². The van der Waals surface area contributed by atoms with Crippen molar-refractivity contribution in [2.75, 3.05) is 19.6 Å². The van der Waals surface area contributed by atoms with Crippen molar-refractivity contribution in [1.82, 2.24) is 15.1 Å². The van der Waals surface area contributed by atoms with Crippen LogP contribution in [0.25, 0.3) is 0 Å². The molecule has 1 aromatic carbocycles. The first kappa shape index (κ1) is 18.8. The number of hydrogen-bond acceptors (Lipinski definition) is 3. The molecule has 2 aliphatic heterocycles. The normalized spacial score (nSPS) is 40.3. The van der Waals surface area contributed by atoms with E-state index in [1.165, 1.54) is 32.1 Å². The van der Waals surface area contributed by atoms with Crippen LogP contribution in [0.4, 0.5) is 15.3 Å². The van der Waals surface area contributed by atoms with Gasteiger partial charge in [-0.2, -0.15) is 4.79 Å². The third-order valence-corrected chi connectivity index (χ3v) is 9.18. The van der Waals surface area contributed by atoms with E-state index in [0.717, 1.165) is 43.3 Å². The Bertz CT molecular complexity index is 865. The molecule has 30 heavy (non-hydrogen) atoms. The van der Waals surface area contributed by atoms with Gasteiger partial charge >= 0.3 is 12.1 Å². The summed E-state index contributed by atoms with van der Waals surface area (Å²) in [6.07, 6.45) is 6.90. The predicted octanol–water partition coefficient (Wildman–Crippen LogP) is 3.84. The van der Waals surface area contributed by atoms with Crippen molar-refractivity contribution in [1.29, 1.82) is 0 Å². The molecule has 4 bridgehead atoms. The van der Waals surface area contributed by atoms with Gasteiger partial charge in [-0.05, 0) is 81.7 Å². The number of carbonyl (C=O) groups excluding carboxylic acids is 1. The van der Waals surface area contributed by atoms with E-state index in [9.17, 15) is 14.7 Å². The molecule has 6 nitrogen and oxygen atoms in total. The maximum Gasteiger partial charge on any atom is 0.528 e. The number of nitrogens with zero attached hydrogens (tertiary/aromatic N) is 1. The number of carbonyl (C=O) groups is 2. The zero-order valence-corrected chi connectivity index (χ0v) is 17.5. The second-order valence-corrected chi connectivity index (χ2v) is 10.7. The first-order valence-electron chi connectivity index (χ1n) is 11.8. The van der Waals surface area contributed by atoms with Crippen LogP contribution in [0.3, 0.4) is 0 Å². The first-order chi connectivity index (χ1) is 14.5. The van der Waals surface area contributed by atoms with Crippen LogP contribution >= 0.6 is 0 Å². The number of quaternary nitrogens is 1. The number of rotatable bonds is 1. The summed E-state index contributed by atoms with van der Waals surface area (Å²) in [4.78, 5) is 26.7. The molecule has 4 saturated carbocycles. The van der Waals surface area contributed by atoms with Crippen LogP contribution in [-0.2, 0) is 5.41 Å². The van der Waals surface area contributed by atoms with Gasteiger partial charge in [0, 0.05) is 17.7 Å². The molecule has 7 rings (SSSR count). The van der Waals surface area contributed by atoms with Crippen molar-refractivity contribution in [3.05, 3.63) is 29.8 Å². The highest BCUT2D eigenvalue weighted by Gasteiger charge is 2.63. The highest BCUT2D eigenvalue weighted by molar-refractivity contribution is 6.07. The molecular weight excluding hydrogens is 378 g/mol. The Labute approximate surface area is 177 Å². The smallest absolute Gasteiger partial charge is 0.435 e. The monoisotopic (exact) mass is 410 g/mol. The first-order valence-corrected chi connectivity index (χ1v) is 11.8. The molecule has 2 heterocycles. The molecule has 3 N–H and O–H groups in total. The van der Waals surface area contributed by atoms with Gasteiger partial charge in [-0.3, -0.25) is 0 Å². The number of fused-ring (bicyclic) bond motifs is 2. The summed E-state index contributed by atoms with van der Waals surface area (Å²) in [6, 6.07) is 7.63. The summed E-state index contributed by atoms with van der Waals surface area (Å²) in [5.41, 5.74) is 1.50. The second-order valence-electron chi connectivity index (χ2n) is 10.7. The Hall–Kier alpha value is -1.92. The fraction of sp³-hybridized carbons (Fsp3) is 0.667. The van der Waals surface area contributed by atoms with E-state index in [0.29, 0.717) is 24.1 Å². The standard InChI is InChI=1S/C24H31N3O3/c28-22(26-21-17-10-15-9-16(12-17)13-18(21)11-15)27(23(29)30)14-24(5-7-25-8-6-24)19-3-1-2-4-20(19)27/h1-4,15-18,21,25H,5-14H2,(H-,26,28,29,30)/p+1. The molecule has 6 heteroatoms. The van der Waals surface area contributed by atoms with Crippen molar-refractivity contribution < 1.29 is 14.7 Å². The minimum absolute atomic E-state index is 0.149. The molecule has 0 radical (unpaired) electrons. The van der Waals surface area contributed by atoms with Gasteiger partial charge in [0.2, 0.25) is 0 Å². The quantitative estimate of drug-likeness (QED) is 0.615. The number of urea groups is 1. The number of para-hydroxylation sites is 1. The molecule has 5 fully saturated rings. The molecular formula is C24H32N3O3+. The van der Waals surface area contributed by atoms with Crippen molar-refractivity contribution in [3.63, 3.8) is 0 Å². The predicted molar refractivity (Wildman–Crippen MR) is 114 cm³/mol. The average Bonchev–Trinajstić information content (AvgIpc) is 3.02. The van der Waals surface area contributed by atoms with Crippen molar-refractivity contribution in [2.24, 2.45) is 23.7 Å². The SMILES string of the molecule is O=C(O)[N+]1(C(=O)NC2C3CC4CC(C3)CC2C4)CC2(CCNCC2)c2ccccc21. The van der Waals surface area contributed by atoms with E-state index >= 15 is 0 Å². The van der Waals surface area contributed by atoms with Crippen molar-refractivity contribution in [3.8, 4) is 0 Å². The van der Waals surface area contributed by atoms with Gasteiger partial charge < -0.3 is 15.7 Å². The van der Waals surface area contributed by atoms with Crippen LogP contribution in [-0.4, -0.2) is 42.9 Å². The lowest BCUT2D eigenvalue weighted by molar-refractivity contribution is -0.0108. The summed E-state index contributed by atoms with van der Waals surface area (Å²) in [7, 11) is 0. The Kier molecular flexibility index (Phi) is 4.10. The van der Waals surface area contributed by atoms with Crippen LogP contribution in [0.5, 0.6) is 0 Å². The molecule has 6 aliphatic rings. The van der Waals surface area contributed by atoms with E-state index in [2.05, 4.69) is 16.7 Å². The van der Waals surface area contributed by atoms with Crippen LogP contribution in [0, 0.1) is 23.7 Å². The molecule has 1 unspecified atom stereocenters. The van der Waals surface area contributed by atoms with Crippen LogP contribution in [0.1, 0.15) is 50.5 Å². The molecule has 1 saturated heterocycles. The lowest BCUT2D eigenvalue weighted by Gasteiger charge is -2.54. The molecule has 160 valence electrons. The second kappa shape index (κ2) is 6.54. The average molecular weight is 411 g/mol. The van der Waals surface area contributed by atoms with Gasteiger partial charge in [-0.1, -0.05) is 18.2 Å². The molecule has 3 amide bonds. The number of hydrogen-bond donors (Lipinski definition) is 3. The van der Waals surface area contributed by atoms with Gasteiger partial charge in [-0.25, -0.2) is 4.79 Å². The third kappa shape index (κ3) is 2.50. The number of benzene rings is 1. The minimum atomic E-state index is -1.04. The Morgan fingerprint density at radius 1 is 1.00 bits per heavy atom. The molecule has 1 aromatic rings. The zero-order chi connectivity index (χ0) is 20.5. The Morgan fingerprint density at radius 3 is 2.27 bits per heavy atom. The summed E-state index contributed by atoms with van der Waals surface area (Å²) in [6.45, 7) is 2.07. The number of imide groups is 1. The van der Waals surface area contributed by atoms with Gasteiger partial charge in [0.1, 0.15) is 6.54 Å². The van der Waals surface area contributed by atoms with E-state index in [4.69, 9.17) is 0 Å². The van der Waals surface area contributed by atoms with Gasteiger partial charge in [0.05, 0.1) is 5.41 Å². The van der Waals surface area contributed by atoms with Crippen molar-refractivity contribution >= 4 is 17.8 Å². The van der Waals surface area contributed by atoms with Gasteiger partial charge in [0.25, 0.3) is 0 Å². The highest BCUT2D eigenvalue weighted by Crippen LogP contribution is 2.54. The summed E-state index contributed by atoms with van der Waals surface area (Å²) >= 11 is 0. The Balaban J connectivity index is 1.36. The summed E-state index contributed by atoms with van der Waals surface area (Å²) < 4.78 is -0.584. The van der Waals surface area contributed by atoms with Gasteiger partial charge in [-0.15, -0.1) is 4.48 Å². The van der Waals surface area contributed by atoms with Crippen LogP contribution < -0.4 is 15.1 Å². The van der Waals surface area contributed by atoms with Crippen LogP contribution in [0.2, 0.25) is 0 Å². The summed E-state index contributed by atoms with van der Waals surface area (Å²) in [5, 5.41) is 17.2. The molecule has 0 aromatic heterocycles. The number of carboxylic acid groups (broad SMARTS) is 1. The van der Waals surface area contributed by atoms with E-state index in [-0.39, 0.29) is 17.5 Å². The fourth-order valence-corrected chi connectivity index (χ4v) is 8.06. The lowest BCUT2D eigenvalue weighted by atomic mass is 9.54. The number of amides is 3. The third-order valence-electron chi connectivity index (χ3n) is 9.18. The van der Waals surface area contributed by atoms with Gasteiger partial charge in [0.15, 0.2) is 5.69 Å². The van der Waals surface area contributed by atoms with E-state index in [1.54, 1.807) is 0 Å². The Morgan fingerprint density at radius 2 is 1.63 bits per heavy atom. The molecule has 1 atom stereocenters. The zero-order valence-electron chi connectivity index (χ0n) is 17.5. The summed E-state index contributed by atoms with van der Waals surface area (Å²) in [5.74, 6) is 2.72.